The Labute approximate surface area is 178 Å². The molecule has 0 aliphatic heterocycles. The topological polar surface area (TPSA) is 18.5 Å². The molecule has 2 aromatic carbocycles. The fraction of sp³-hybridized carbons (Fsp3) is 0.556. The van der Waals surface area contributed by atoms with E-state index < -0.39 is 0 Å². The van der Waals surface area contributed by atoms with Gasteiger partial charge in [-0.15, -0.1) is 0 Å². The van der Waals surface area contributed by atoms with Crippen molar-refractivity contribution in [1.82, 2.24) is 0 Å². The number of unbranched alkanes of at least 4 members (excludes halogenated alkanes) is 7. The molecule has 1 unspecified atom stereocenters. The van der Waals surface area contributed by atoms with E-state index in [4.69, 9.17) is 9.47 Å². The smallest absolute Gasteiger partial charge is 0.119 e. The van der Waals surface area contributed by atoms with Gasteiger partial charge in [-0.2, -0.15) is 0 Å². The van der Waals surface area contributed by atoms with Gasteiger partial charge in [-0.05, 0) is 48.6 Å². The number of ether oxygens (including phenoxy) is 2. The summed E-state index contributed by atoms with van der Waals surface area (Å²) in [4.78, 5) is 0. The first kappa shape index (κ1) is 23.5. The molecule has 0 saturated carbocycles. The quantitative estimate of drug-likeness (QED) is 0.281. The normalized spacial score (nSPS) is 12.1. The van der Waals surface area contributed by atoms with Gasteiger partial charge in [0.15, 0.2) is 0 Å². The predicted molar refractivity (Wildman–Crippen MR) is 125 cm³/mol. The standard InChI is InChI=1S/C27H40O2/c1-4-6-8-9-10-12-22-29-27-19-17-26(18-20-27)25-15-13-24(14-16-25)23(3)28-21-11-7-5-2/h13-20,23H,4-12,21-22H2,1-3H3. The summed E-state index contributed by atoms with van der Waals surface area (Å²) >= 11 is 0. The van der Waals surface area contributed by atoms with Crippen LogP contribution in [-0.4, -0.2) is 13.2 Å². The third kappa shape index (κ3) is 9.04. The molecule has 29 heavy (non-hydrogen) atoms. The van der Waals surface area contributed by atoms with Crippen molar-refractivity contribution in [3.05, 3.63) is 54.1 Å². The second-order valence-corrected chi connectivity index (χ2v) is 7.98. The molecule has 0 bridgehead atoms. The van der Waals surface area contributed by atoms with E-state index in [2.05, 4.69) is 69.3 Å². The van der Waals surface area contributed by atoms with Crippen LogP contribution in [0, 0.1) is 0 Å². The maximum atomic E-state index is 5.95. The van der Waals surface area contributed by atoms with Crippen LogP contribution in [-0.2, 0) is 4.74 Å². The fourth-order valence-corrected chi connectivity index (χ4v) is 3.47. The van der Waals surface area contributed by atoms with Gasteiger partial charge in [-0.25, -0.2) is 0 Å². The Bertz CT molecular complexity index is 645. The van der Waals surface area contributed by atoms with Gasteiger partial charge < -0.3 is 9.47 Å². The lowest BCUT2D eigenvalue weighted by Crippen LogP contribution is -2.01. The molecule has 0 saturated heterocycles. The summed E-state index contributed by atoms with van der Waals surface area (Å²) in [6, 6.07) is 17.2. The molecule has 0 heterocycles. The average molecular weight is 397 g/mol. The molecule has 0 fully saturated rings. The first-order valence-corrected chi connectivity index (χ1v) is 11.7. The number of rotatable bonds is 15. The van der Waals surface area contributed by atoms with Crippen molar-refractivity contribution in [2.45, 2.75) is 84.7 Å². The van der Waals surface area contributed by atoms with Crippen LogP contribution in [0.2, 0.25) is 0 Å². The SMILES string of the molecule is CCCCCCCCOc1ccc(-c2ccc(C(C)OCCCCC)cc2)cc1. The monoisotopic (exact) mass is 396 g/mol. The van der Waals surface area contributed by atoms with E-state index in [1.165, 1.54) is 61.6 Å². The van der Waals surface area contributed by atoms with Crippen molar-refractivity contribution in [1.29, 1.82) is 0 Å². The summed E-state index contributed by atoms with van der Waals surface area (Å²) in [6.45, 7) is 8.27. The minimum absolute atomic E-state index is 0.152. The Balaban J connectivity index is 1.76. The lowest BCUT2D eigenvalue weighted by Gasteiger charge is -2.14. The van der Waals surface area contributed by atoms with Crippen molar-refractivity contribution in [2.24, 2.45) is 0 Å². The Kier molecular flexibility index (Phi) is 11.5. The fourth-order valence-electron chi connectivity index (χ4n) is 3.47. The van der Waals surface area contributed by atoms with Crippen molar-refractivity contribution in [2.75, 3.05) is 13.2 Å². The lowest BCUT2D eigenvalue weighted by molar-refractivity contribution is 0.0630. The van der Waals surface area contributed by atoms with Crippen molar-refractivity contribution in [3.8, 4) is 16.9 Å². The average Bonchev–Trinajstić information content (AvgIpc) is 2.76. The van der Waals surface area contributed by atoms with Gasteiger partial charge >= 0.3 is 0 Å². The second-order valence-electron chi connectivity index (χ2n) is 7.98. The highest BCUT2D eigenvalue weighted by atomic mass is 16.5. The molecular formula is C27H40O2. The third-order valence-corrected chi connectivity index (χ3v) is 5.45. The molecule has 0 aromatic heterocycles. The van der Waals surface area contributed by atoms with Gasteiger partial charge in [-0.1, -0.05) is 95.2 Å². The molecule has 2 aromatic rings. The van der Waals surface area contributed by atoms with Crippen molar-refractivity contribution in [3.63, 3.8) is 0 Å². The molecule has 1 atom stereocenters. The van der Waals surface area contributed by atoms with Gasteiger partial charge in [0, 0.05) is 6.61 Å². The molecule has 2 nitrogen and oxygen atoms in total. The highest BCUT2D eigenvalue weighted by Crippen LogP contribution is 2.25. The van der Waals surface area contributed by atoms with E-state index in [0.29, 0.717) is 0 Å². The van der Waals surface area contributed by atoms with E-state index in [1.807, 2.05) is 0 Å². The summed E-state index contributed by atoms with van der Waals surface area (Å²) in [7, 11) is 0. The van der Waals surface area contributed by atoms with Gasteiger partial charge in [0.05, 0.1) is 12.7 Å². The van der Waals surface area contributed by atoms with Crippen LogP contribution in [0.4, 0.5) is 0 Å². The van der Waals surface area contributed by atoms with Crippen LogP contribution in [0.5, 0.6) is 5.75 Å². The molecule has 2 rings (SSSR count). The maximum absolute atomic E-state index is 5.95. The molecule has 2 heteroatoms. The van der Waals surface area contributed by atoms with Gasteiger partial charge in [0.2, 0.25) is 0 Å². The van der Waals surface area contributed by atoms with Crippen LogP contribution in [0.15, 0.2) is 48.5 Å². The van der Waals surface area contributed by atoms with E-state index >= 15 is 0 Å². The first-order chi connectivity index (χ1) is 14.2. The Morgan fingerprint density at radius 3 is 1.79 bits per heavy atom. The zero-order valence-corrected chi connectivity index (χ0v) is 18.8. The first-order valence-electron chi connectivity index (χ1n) is 11.7. The molecule has 0 spiro atoms. The summed E-state index contributed by atoms with van der Waals surface area (Å²) in [5.41, 5.74) is 3.69. The third-order valence-electron chi connectivity index (χ3n) is 5.45. The van der Waals surface area contributed by atoms with E-state index in [9.17, 15) is 0 Å². The van der Waals surface area contributed by atoms with Crippen LogP contribution in [0.1, 0.15) is 90.2 Å². The summed E-state index contributed by atoms with van der Waals surface area (Å²) in [6.07, 6.45) is 11.5. The number of benzene rings is 2. The minimum Gasteiger partial charge on any atom is -0.494 e. The molecule has 0 aliphatic rings. The largest absolute Gasteiger partial charge is 0.494 e. The second kappa shape index (κ2) is 14.2. The van der Waals surface area contributed by atoms with Crippen LogP contribution in [0.3, 0.4) is 0 Å². The zero-order chi connectivity index (χ0) is 20.7. The summed E-state index contributed by atoms with van der Waals surface area (Å²) in [5, 5.41) is 0. The summed E-state index contributed by atoms with van der Waals surface area (Å²) in [5.74, 6) is 0.966. The van der Waals surface area contributed by atoms with E-state index in [0.717, 1.165) is 31.8 Å². The van der Waals surface area contributed by atoms with Crippen molar-refractivity contribution >= 4 is 0 Å². The van der Waals surface area contributed by atoms with Gasteiger partial charge in [-0.3, -0.25) is 0 Å². The molecule has 0 radical (unpaired) electrons. The van der Waals surface area contributed by atoms with E-state index in [-0.39, 0.29) is 6.10 Å². The lowest BCUT2D eigenvalue weighted by atomic mass is 10.0. The van der Waals surface area contributed by atoms with Gasteiger partial charge in [0.1, 0.15) is 5.75 Å². The number of hydrogen-bond donors (Lipinski definition) is 0. The Morgan fingerprint density at radius 2 is 1.14 bits per heavy atom. The molecular weight excluding hydrogens is 356 g/mol. The van der Waals surface area contributed by atoms with E-state index in [1.54, 1.807) is 0 Å². The maximum Gasteiger partial charge on any atom is 0.119 e. The van der Waals surface area contributed by atoms with Crippen LogP contribution in [0.25, 0.3) is 11.1 Å². The van der Waals surface area contributed by atoms with Crippen molar-refractivity contribution < 1.29 is 9.47 Å². The highest BCUT2D eigenvalue weighted by Gasteiger charge is 2.06. The zero-order valence-electron chi connectivity index (χ0n) is 18.8. The molecule has 0 amide bonds. The Hall–Kier alpha value is -1.80. The summed E-state index contributed by atoms with van der Waals surface area (Å²) < 4.78 is 11.8. The molecule has 0 N–H and O–H groups in total. The number of hydrogen-bond acceptors (Lipinski definition) is 2. The predicted octanol–water partition coefficient (Wildman–Crippen LogP) is 8.36. The van der Waals surface area contributed by atoms with Crippen LogP contribution >= 0.6 is 0 Å². The molecule has 160 valence electrons. The minimum atomic E-state index is 0.152. The van der Waals surface area contributed by atoms with Crippen LogP contribution < -0.4 is 4.74 Å². The molecule has 0 aliphatic carbocycles. The van der Waals surface area contributed by atoms with Gasteiger partial charge in [0.25, 0.3) is 0 Å². The highest BCUT2D eigenvalue weighted by molar-refractivity contribution is 5.64. The Morgan fingerprint density at radius 1 is 0.621 bits per heavy atom.